The van der Waals surface area contributed by atoms with Crippen molar-refractivity contribution in [1.82, 2.24) is 5.32 Å². The second-order valence-corrected chi connectivity index (χ2v) is 5.00. The van der Waals surface area contributed by atoms with Gasteiger partial charge in [0.2, 0.25) is 5.91 Å². The predicted octanol–water partition coefficient (Wildman–Crippen LogP) is 1.56. The number of hydrogen-bond donors (Lipinski definition) is 2. The van der Waals surface area contributed by atoms with Crippen LogP contribution in [0.15, 0.2) is 0 Å². The van der Waals surface area contributed by atoms with Crippen LogP contribution < -0.4 is 5.32 Å². The zero-order valence-corrected chi connectivity index (χ0v) is 11.1. The van der Waals surface area contributed by atoms with Gasteiger partial charge in [0.25, 0.3) is 0 Å². The number of hydrogen-bond acceptors (Lipinski definition) is 3. The Morgan fingerprint density at radius 3 is 2.35 bits per heavy atom. The minimum Gasteiger partial charge on any atom is -0.480 e. The first-order valence-corrected chi connectivity index (χ1v) is 5.92. The molecule has 0 heterocycles. The normalized spacial score (nSPS) is 13.2. The molecule has 0 bridgehead atoms. The quantitative estimate of drug-likeness (QED) is 0.713. The van der Waals surface area contributed by atoms with Crippen molar-refractivity contribution in [2.75, 3.05) is 6.61 Å². The van der Waals surface area contributed by atoms with Crippen LogP contribution in [0.5, 0.6) is 0 Å². The Kier molecular flexibility index (Phi) is 6.80. The van der Waals surface area contributed by atoms with Gasteiger partial charge in [-0.2, -0.15) is 0 Å². The van der Waals surface area contributed by atoms with E-state index in [2.05, 4.69) is 5.32 Å². The Bertz CT molecular complexity index is 258. The molecule has 17 heavy (non-hydrogen) atoms. The summed E-state index contributed by atoms with van der Waals surface area (Å²) < 4.78 is 5.27. The van der Waals surface area contributed by atoms with Crippen LogP contribution in [-0.2, 0) is 14.3 Å². The van der Waals surface area contributed by atoms with Crippen LogP contribution in [0.2, 0.25) is 0 Å². The SMILES string of the molecule is CCCCC(NC(=O)COC(C)(C)C)C(=O)O. The summed E-state index contributed by atoms with van der Waals surface area (Å²) in [4.78, 5) is 22.4. The van der Waals surface area contributed by atoms with E-state index in [-0.39, 0.29) is 12.5 Å². The molecule has 5 nitrogen and oxygen atoms in total. The van der Waals surface area contributed by atoms with Crippen molar-refractivity contribution in [1.29, 1.82) is 0 Å². The van der Waals surface area contributed by atoms with Gasteiger partial charge in [-0.25, -0.2) is 4.79 Å². The molecule has 0 aliphatic heterocycles. The summed E-state index contributed by atoms with van der Waals surface area (Å²) in [5, 5.41) is 11.4. The van der Waals surface area contributed by atoms with E-state index < -0.39 is 17.6 Å². The molecule has 0 rings (SSSR count). The van der Waals surface area contributed by atoms with Gasteiger partial charge in [0.15, 0.2) is 0 Å². The van der Waals surface area contributed by atoms with Crippen molar-refractivity contribution in [3.05, 3.63) is 0 Å². The third-order valence-corrected chi connectivity index (χ3v) is 2.12. The van der Waals surface area contributed by atoms with E-state index in [0.717, 1.165) is 12.8 Å². The van der Waals surface area contributed by atoms with E-state index >= 15 is 0 Å². The van der Waals surface area contributed by atoms with E-state index in [9.17, 15) is 9.59 Å². The summed E-state index contributed by atoms with van der Waals surface area (Å²) in [6, 6.07) is -0.814. The molecule has 5 heteroatoms. The van der Waals surface area contributed by atoms with E-state index in [1.807, 2.05) is 27.7 Å². The van der Waals surface area contributed by atoms with Gasteiger partial charge in [-0.1, -0.05) is 19.8 Å². The number of amides is 1. The predicted molar refractivity (Wildman–Crippen MR) is 64.8 cm³/mol. The summed E-state index contributed by atoms with van der Waals surface area (Å²) >= 11 is 0. The highest BCUT2D eigenvalue weighted by atomic mass is 16.5. The maximum atomic E-state index is 11.5. The van der Waals surface area contributed by atoms with E-state index in [4.69, 9.17) is 9.84 Å². The number of ether oxygens (including phenoxy) is 1. The molecular weight excluding hydrogens is 222 g/mol. The van der Waals surface area contributed by atoms with Gasteiger partial charge in [0.05, 0.1) is 5.60 Å². The molecule has 1 atom stereocenters. The smallest absolute Gasteiger partial charge is 0.326 e. The monoisotopic (exact) mass is 245 g/mol. The summed E-state index contributed by atoms with van der Waals surface area (Å²) in [5.41, 5.74) is -0.403. The summed E-state index contributed by atoms with van der Waals surface area (Å²) in [5.74, 6) is -1.38. The average Bonchev–Trinajstić information content (AvgIpc) is 2.19. The van der Waals surface area contributed by atoms with Crippen LogP contribution >= 0.6 is 0 Å². The Hall–Kier alpha value is -1.10. The van der Waals surface area contributed by atoms with E-state index in [1.54, 1.807) is 0 Å². The molecular formula is C12H23NO4. The standard InChI is InChI=1S/C12H23NO4/c1-5-6-7-9(11(15)16)13-10(14)8-17-12(2,3)4/h9H,5-8H2,1-4H3,(H,13,14)(H,15,16). The average molecular weight is 245 g/mol. The second-order valence-electron chi connectivity index (χ2n) is 5.00. The molecule has 0 radical (unpaired) electrons. The molecule has 100 valence electrons. The molecule has 0 aliphatic carbocycles. The molecule has 1 unspecified atom stereocenters. The number of aliphatic carboxylic acids is 1. The van der Waals surface area contributed by atoms with Crippen molar-refractivity contribution in [2.24, 2.45) is 0 Å². The van der Waals surface area contributed by atoms with E-state index in [1.165, 1.54) is 0 Å². The number of carbonyl (C=O) groups excluding carboxylic acids is 1. The molecule has 0 saturated heterocycles. The lowest BCUT2D eigenvalue weighted by molar-refractivity contribution is -0.143. The minimum atomic E-state index is -0.998. The second kappa shape index (κ2) is 7.27. The lowest BCUT2D eigenvalue weighted by Crippen LogP contribution is -2.43. The van der Waals surface area contributed by atoms with Gasteiger partial charge in [-0.05, 0) is 27.2 Å². The topological polar surface area (TPSA) is 75.6 Å². The minimum absolute atomic E-state index is 0.112. The number of unbranched alkanes of at least 4 members (excludes halogenated alkanes) is 1. The third kappa shape index (κ3) is 8.68. The van der Waals surface area contributed by atoms with E-state index in [0.29, 0.717) is 6.42 Å². The molecule has 0 aromatic carbocycles. The van der Waals surface area contributed by atoms with Crippen molar-refractivity contribution >= 4 is 11.9 Å². The zero-order valence-electron chi connectivity index (χ0n) is 11.1. The zero-order chi connectivity index (χ0) is 13.5. The number of carboxylic acids is 1. The first kappa shape index (κ1) is 15.9. The summed E-state index contributed by atoms with van der Waals surface area (Å²) in [7, 11) is 0. The molecule has 0 aliphatic rings. The fourth-order valence-corrected chi connectivity index (χ4v) is 1.18. The summed E-state index contributed by atoms with van der Waals surface area (Å²) in [6.45, 7) is 7.38. The first-order valence-electron chi connectivity index (χ1n) is 5.92. The molecule has 2 N–H and O–H groups in total. The van der Waals surface area contributed by atoms with Gasteiger partial charge in [-0.15, -0.1) is 0 Å². The Balaban J connectivity index is 4.08. The molecule has 0 aromatic rings. The Morgan fingerprint density at radius 2 is 1.94 bits per heavy atom. The van der Waals surface area contributed by atoms with Crippen LogP contribution in [0.3, 0.4) is 0 Å². The van der Waals surface area contributed by atoms with Crippen LogP contribution in [0.1, 0.15) is 47.0 Å². The maximum absolute atomic E-state index is 11.5. The highest BCUT2D eigenvalue weighted by molar-refractivity contribution is 5.84. The van der Waals surface area contributed by atoms with Crippen molar-refractivity contribution in [3.8, 4) is 0 Å². The van der Waals surface area contributed by atoms with Crippen molar-refractivity contribution in [3.63, 3.8) is 0 Å². The Morgan fingerprint density at radius 1 is 1.35 bits per heavy atom. The number of carbonyl (C=O) groups is 2. The van der Waals surface area contributed by atoms with Gasteiger partial charge in [0.1, 0.15) is 12.6 Å². The molecule has 1 amide bonds. The van der Waals surface area contributed by atoms with Crippen LogP contribution in [-0.4, -0.2) is 35.2 Å². The highest BCUT2D eigenvalue weighted by Crippen LogP contribution is 2.06. The van der Waals surface area contributed by atoms with Crippen molar-refractivity contribution < 1.29 is 19.4 Å². The van der Waals surface area contributed by atoms with Crippen LogP contribution in [0.25, 0.3) is 0 Å². The molecule has 0 aromatic heterocycles. The van der Waals surface area contributed by atoms with Gasteiger partial charge in [0, 0.05) is 0 Å². The van der Waals surface area contributed by atoms with Gasteiger partial charge in [-0.3, -0.25) is 4.79 Å². The fraction of sp³-hybridized carbons (Fsp3) is 0.833. The van der Waals surface area contributed by atoms with Gasteiger partial charge < -0.3 is 15.2 Å². The molecule has 0 fully saturated rings. The van der Waals surface area contributed by atoms with Crippen LogP contribution in [0.4, 0.5) is 0 Å². The number of carboxylic acid groups (broad SMARTS) is 1. The number of rotatable bonds is 7. The fourth-order valence-electron chi connectivity index (χ4n) is 1.18. The van der Waals surface area contributed by atoms with Crippen LogP contribution in [0, 0.1) is 0 Å². The lowest BCUT2D eigenvalue weighted by Gasteiger charge is -2.20. The number of nitrogens with one attached hydrogen (secondary N) is 1. The summed E-state index contributed by atoms with van der Waals surface area (Å²) in [6.07, 6.45) is 2.13. The molecule has 0 saturated carbocycles. The Labute approximate surface area is 103 Å². The largest absolute Gasteiger partial charge is 0.480 e. The third-order valence-electron chi connectivity index (χ3n) is 2.12. The maximum Gasteiger partial charge on any atom is 0.326 e. The van der Waals surface area contributed by atoms with Gasteiger partial charge >= 0.3 is 5.97 Å². The molecule has 0 spiro atoms. The first-order chi connectivity index (χ1) is 7.76. The lowest BCUT2D eigenvalue weighted by atomic mass is 10.1. The highest BCUT2D eigenvalue weighted by Gasteiger charge is 2.20. The van der Waals surface area contributed by atoms with Crippen molar-refractivity contribution in [2.45, 2.75) is 58.6 Å².